The minimum Gasteiger partial charge on any atom is -0.744 e. The van der Waals surface area contributed by atoms with Crippen LogP contribution in [0.15, 0.2) is 77.4 Å². The predicted molar refractivity (Wildman–Crippen MR) is 141 cm³/mol. The molecule has 0 bridgehead atoms. The SMILES string of the molecule is CC[N+]1=C(/C=C/C=C/C=C2/Nc3ccc(CC(=O)[O-])cc3C2(C)C)C(C)(C)c2cc(S(=O)(=O)[O-])ccc21. The van der Waals surface area contributed by atoms with Crippen molar-refractivity contribution in [1.82, 2.24) is 0 Å². The highest BCUT2D eigenvalue weighted by Crippen LogP contribution is 2.44. The van der Waals surface area contributed by atoms with Gasteiger partial charge in [-0.15, -0.1) is 0 Å². The van der Waals surface area contributed by atoms with Crippen LogP contribution in [0.1, 0.15) is 51.3 Å². The average molecular weight is 520 g/mol. The minimum absolute atomic E-state index is 0.116. The molecule has 2 aliphatic rings. The molecule has 2 heterocycles. The molecule has 0 atom stereocenters. The maximum absolute atomic E-state index is 11.6. The fraction of sp³-hybridized carbons (Fsp3) is 0.310. The molecule has 8 heteroatoms. The lowest BCUT2D eigenvalue weighted by molar-refractivity contribution is -0.433. The molecule has 0 radical (unpaired) electrons. The Kier molecular flexibility index (Phi) is 6.77. The first kappa shape index (κ1) is 26.6. The lowest BCUT2D eigenvalue weighted by atomic mass is 9.81. The summed E-state index contributed by atoms with van der Waals surface area (Å²) in [4.78, 5) is 10.8. The Morgan fingerprint density at radius 3 is 2.38 bits per heavy atom. The molecular formula is C29H31N2O5S-. The zero-order valence-corrected chi connectivity index (χ0v) is 22.5. The number of allylic oxidation sites excluding steroid dienone is 6. The predicted octanol–water partition coefficient (Wildman–Crippen LogP) is 3.68. The van der Waals surface area contributed by atoms with Crippen molar-refractivity contribution in [3.05, 3.63) is 89.2 Å². The summed E-state index contributed by atoms with van der Waals surface area (Å²) in [5.74, 6) is -1.10. The number of hydrogen-bond acceptors (Lipinski definition) is 6. The lowest BCUT2D eigenvalue weighted by Crippen LogP contribution is -2.27. The topological polar surface area (TPSA) is 112 Å². The van der Waals surface area contributed by atoms with Crippen LogP contribution >= 0.6 is 0 Å². The number of aliphatic carboxylic acids is 1. The summed E-state index contributed by atoms with van der Waals surface area (Å²) in [5, 5.41) is 14.4. The van der Waals surface area contributed by atoms with E-state index >= 15 is 0 Å². The number of nitrogens with one attached hydrogen (secondary N) is 1. The normalized spacial score (nSPS) is 19.0. The molecule has 0 aliphatic carbocycles. The van der Waals surface area contributed by atoms with E-state index in [1.165, 1.54) is 12.1 Å². The molecule has 194 valence electrons. The summed E-state index contributed by atoms with van der Waals surface area (Å²) >= 11 is 0. The van der Waals surface area contributed by atoms with Gasteiger partial charge >= 0.3 is 0 Å². The molecule has 0 saturated heterocycles. The summed E-state index contributed by atoms with van der Waals surface area (Å²) < 4.78 is 36.8. The van der Waals surface area contributed by atoms with Gasteiger partial charge in [-0.25, -0.2) is 8.42 Å². The molecule has 0 aromatic heterocycles. The van der Waals surface area contributed by atoms with E-state index in [0.717, 1.165) is 33.9 Å². The van der Waals surface area contributed by atoms with Crippen LogP contribution in [-0.2, 0) is 32.2 Å². The first-order chi connectivity index (χ1) is 17.3. The molecule has 0 unspecified atom stereocenters. The van der Waals surface area contributed by atoms with Gasteiger partial charge in [0, 0.05) is 46.9 Å². The van der Waals surface area contributed by atoms with Gasteiger partial charge in [0.05, 0.1) is 10.3 Å². The van der Waals surface area contributed by atoms with Gasteiger partial charge in [-0.3, -0.25) is 0 Å². The van der Waals surface area contributed by atoms with Crippen LogP contribution in [0.3, 0.4) is 0 Å². The summed E-state index contributed by atoms with van der Waals surface area (Å²) in [6.07, 6.45) is 9.73. The van der Waals surface area contributed by atoms with Crippen molar-refractivity contribution < 1.29 is 27.4 Å². The molecule has 7 nitrogen and oxygen atoms in total. The monoisotopic (exact) mass is 519 g/mol. The van der Waals surface area contributed by atoms with E-state index in [1.54, 1.807) is 12.1 Å². The van der Waals surface area contributed by atoms with E-state index in [2.05, 4.69) is 23.7 Å². The third kappa shape index (κ3) is 4.91. The highest BCUT2D eigenvalue weighted by Gasteiger charge is 2.44. The van der Waals surface area contributed by atoms with E-state index in [4.69, 9.17) is 0 Å². The summed E-state index contributed by atoms with van der Waals surface area (Å²) in [6.45, 7) is 10.9. The Morgan fingerprint density at radius 2 is 1.73 bits per heavy atom. The molecule has 0 fully saturated rings. The Balaban J connectivity index is 1.56. The lowest BCUT2D eigenvalue weighted by Gasteiger charge is -2.20. The zero-order chi connectivity index (χ0) is 27.2. The van der Waals surface area contributed by atoms with Crippen LogP contribution in [-0.4, -0.2) is 35.8 Å². The van der Waals surface area contributed by atoms with Crippen molar-refractivity contribution in [3.63, 3.8) is 0 Å². The van der Waals surface area contributed by atoms with Crippen molar-refractivity contribution in [3.8, 4) is 0 Å². The average Bonchev–Trinajstić information content (AvgIpc) is 3.18. The summed E-state index contributed by atoms with van der Waals surface area (Å²) in [7, 11) is -4.53. The number of carbonyl (C=O) groups excluding carboxylic acids is 1. The van der Waals surface area contributed by atoms with Crippen LogP contribution in [0.4, 0.5) is 11.4 Å². The Bertz CT molecular complexity index is 1510. The van der Waals surface area contributed by atoms with Gasteiger partial charge in [0.2, 0.25) is 5.69 Å². The first-order valence-electron chi connectivity index (χ1n) is 12.2. The van der Waals surface area contributed by atoms with Crippen molar-refractivity contribution in [2.45, 2.75) is 56.8 Å². The molecule has 0 spiro atoms. The van der Waals surface area contributed by atoms with Gasteiger partial charge in [-0.1, -0.05) is 44.2 Å². The smallest absolute Gasteiger partial charge is 0.209 e. The fourth-order valence-corrected chi connectivity index (χ4v) is 5.70. The van der Waals surface area contributed by atoms with Gasteiger partial charge in [0.25, 0.3) is 0 Å². The molecule has 0 saturated carbocycles. The van der Waals surface area contributed by atoms with E-state index in [-0.39, 0.29) is 16.7 Å². The highest BCUT2D eigenvalue weighted by molar-refractivity contribution is 7.85. The summed E-state index contributed by atoms with van der Waals surface area (Å²) in [6, 6.07) is 10.2. The second-order valence-corrected chi connectivity index (χ2v) is 11.8. The number of fused-ring (bicyclic) bond motifs is 2. The van der Waals surface area contributed by atoms with Gasteiger partial charge in [-0.2, -0.15) is 4.58 Å². The molecule has 2 aromatic carbocycles. The van der Waals surface area contributed by atoms with Crippen LogP contribution in [0.5, 0.6) is 0 Å². The maximum Gasteiger partial charge on any atom is 0.209 e. The van der Waals surface area contributed by atoms with Crippen molar-refractivity contribution in [2.75, 3.05) is 11.9 Å². The van der Waals surface area contributed by atoms with Crippen molar-refractivity contribution >= 4 is 33.2 Å². The number of carboxylic acid groups (broad SMARTS) is 1. The number of hydrogen-bond donors (Lipinski definition) is 1. The first-order valence-corrected chi connectivity index (χ1v) is 13.6. The standard InChI is InChI=1S/C29H32N2O5S/c1-6-31-24-15-13-20(37(34,35)36)18-22(24)29(4,5)26(31)11-9-7-8-10-25-28(2,3)21-16-19(17-27(32)33)12-14-23(21)30-25/h7-16,18H,6,17H2,1-5H3,(H2,32,33,34,35,36)/p-1. The van der Waals surface area contributed by atoms with E-state index in [9.17, 15) is 22.9 Å². The quantitative estimate of drug-likeness (QED) is 0.339. The third-order valence-electron chi connectivity index (χ3n) is 7.26. The summed E-state index contributed by atoms with van der Waals surface area (Å²) in [5.41, 5.74) is 5.65. The van der Waals surface area contributed by atoms with Crippen LogP contribution in [0.25, 0.3) is 0 Å². The molecule has 1 N–H and O–H groups in total. The molecule has 2 aromatic rings. The van der Waals surface area contributed by atoms with Gasteiger partial charge < -0.3 is 19.8 Å². The van der Waals surface area contributed by atoms with Gasteiger partial charge in [-0.05, 0) is 56.2 Å². The zero-order valence-electron chi connectivity index (χ0n) is 21.7. The third-order valence-corrected chi connectivity index (χ3v) is 8.09. The second kappa shape index (κ2) is 9.43. The van der Waals surface area contributed by atoms with Crippen molar-refractivity contribution in [1.29, 1.82) is 0 Å². The Morgan fingerprint density at radius 1 is 1.00 bits per heavy atom. The fourth-order valence-electron chi connectivity index (χ4n) is 5.20. The van der Waals surface area contributed by atoms with Crippen molar-refractivity contribution in [2.24, 2.45) is 0 Å². The number of anilines is 1. The molecular weight excluding hydrogens is 488 g/mol. The number of nitrogens with zero attached hydrogens (tertiary/aromatic N) is 1. The highest BCUT2D eigenvalue weighted by atomic mass is 32.2. The number of rotatable bonds is 7. The minimum atomic E-state index is -4.53. The molecule has 37 heavy (non-hydrogen) atoms. The van der Waals surface area contributed by atoms with Crippen LogP contribution in [0, 0.1) is 0 Å². The molecule has 2 aliphatic heterocycles. The van der Waals surface area contributed by atoms with Crippen LogP contribution < -0.4 is 10.4 Å². The number of benzene rings is 2. The van der Waals surface area contributed by atoms with E-state index in [1.807, 2.05) is 63.3 Å². The van der Waals surface area contributed by atoms with E-state index < -0.39 is 21.5 Å². The van der Waals surface area contributed by atoms with E-state index in [0.29, 0.717) is 12.1 Å². The number of carboxylic acids is 1. The number of carbonyl (C=O) groups is 1. The van der Waals surface area contributed by atoms with Gasteiger partial charge in [0.15, 0.2) is 5.71 Å². The molecule has 4 rings (SSSR count). The molecule has 0 amide bonds. The Labute approximate surface area is 218 Å². The maximum atomic E-state index is 11.6. The second-order valence-electron chi connectivity index (χ2n) is 10.4. The Hall–Kier alpha value is -3.49. The largest absolute Gasteiger partial charge is 0.744 e. The van der Waals surface area contributed by atoms with Crippen LogP contribution in [0.2, 0.25) is 0 Å². The van der Waals surface area contributed by atoms with Gasteiger partial charge in [0.1, 0.15) is 16.7 Å².